The van der Waals surface area contributed by atoms with E-state index >= 15 is 0 Å². The van der Waals surface area contributed by atoms with Gasteiger partial charge in [-0.15, -0.1) is 0 Å². The van der Waals surface area contributed by atoms with E-state index in [9.17, 15) is 26.4 Å². The van der Waals surface area contributed by atoms with Gasteiger partial charge in [0.25, 0.3) is 0 Å². The first-order valence-corrected chi connectivity index (χ1v) is 9.38. The Hall–Kier alpha value is -2.33. The van der Waals surface area contributed by atoms with Gasteiger partial charge in [0.1, 0.15) is 5.75 Å². The molecule has 2 rings (SSSR count). The Kier molecular flexibility index (Phi) is 6.01. The molecule has 0 aromatic heterocycles. The summed E-state index contributed by atoms with van der Waals surface area (Å²) < 4.78 is 70.9. The molecule has 1 aliphatic heterocycles. The number of aliphatic carboxylic acids is 1. The Balaban J connectivity index is 2.33. The van der Waals surface area contributed by atoms with Crippen LogP contribution in [0.5, 0.6) is 5.75 Å². The highest BCUT2D eigenvalue weighted by Gasteiger charge is 2.48. The fourth-order valence-corrected chi connectivity index (χ4v) is 3.44. The van der Waals surface area contributed by atoms with Gasteiger partial charge in [-0.2, -0.15) is 13.2 Å². The van der Waals surface area contributed by atoms with Gasteiger partial charge in [-0.25, -0.2) is 17.9 Å². The smallest absolute Gasteiger partial charge is 0.430 e. The quantitative estimate of drug-likeness (QED) is 0.710. The summed E-state index contributed by atoms with van der Waals surface area (Å²) in [6.07, 6.45) is -4.41. The van der Waals surface area contributed by atoms with Gasteiger partial charge in [-0.05, 0) is 44.5 Å². The fourth-order valence-electron chi connectivity index (χ4n) is 2.37. The van der Waals surface area contributed by atoms with Crippen molar-refractivity contribution in [1.29, 1.82) is 0 Å². The van der Waals surface area contributed by atoms with Gasteiger partial charge in [0, 0.05) is 12.1 Å². The van der Waals surface area contributed by atoms with Crippen molar-refractivity contribution in [3.63, 3.8) is 0 Å². The summed E-state index contributed by atoms with van der Waals surface area (Å²) in [4.78, 5) is 11.0. The third-order valence-corrected chi connectivity index (χ3v) is 5.44. The number of halogens is 3. The molecule has 27 heavy (non-hydrogen) atoms. The van der Waals surface area contributed by atoms with Crippen molar-refractivity contribution >= 4 is 22.1 Å². The molecule has 0 aliphatic carbocycles. The number of hydrogen-bond acceptors (Lipinski definition) is 4. The molecule has 1 aliphatic rings. The van der Waals surface area contributed by atoms with Crippen molar-refractivity contribution in [3.8, 4) is 5.75 Å². The van der Waals surface area contributed by atoms with Crippen molar-refractivity contribution in [1.82, 2.24) is 4.72 Å². The summed E-state index contributed by atoms with van der Waals surface area (Å²) in [6, 6.07) is 3.27. The maximum atomic E-state index is 13.0. The van der Waals surface area contributed by atoms with E-state index in [0.29, 0.717) is 6.42 Å². The van der Waals surface area contributed by atoms with Gasteiger partial charge in [-0.3, -0.25) is 0 Å². The third-order valence-electron chi connectivity index (χ3n) is 3.98. The lowest BCUT2D eigenvalue weighted by atomic mass is 10.0. The number of fused-ring (bicyclic) bond motifs is 1. The lowest BCUT2D eigenvalue weighted by molar-refractivity contribution is -0.187. The average molecular weight is 405 g/mol. The molecule has 0 fully saturated rings. The first kappa shape index (κ1) is 21.0. The number of nitrogens with one attached hydrogen (secondary N) is 1. The maximum absolute atomic E-state index is 13.0. The molecule has 1 aromatic rings. The number of ether oxygens (including phenoxy) is 1. The highest BCUT2D eigenvalue weighted by Crippen LogP contribution is 2.38. The number of benzene rings is 1. The first-order chi connectivity index (χ1) is 12.5. The van der Waals surface area contributed by atoms with Crippen molar-refractivity contribution in [2.24, 2.45) is 0 Å². The zero-order valence-electron chi connectivity index (χ0n) is 14.5. The molecule has 2 N–H and O–H groups in total. The minimum atomic E-state index is -4.92. The molecule has 1 aromatic carbocycles. The number of allylic oxidation sites excluding steroid dienone is 1. The zero-order chi connectivity index (χ0) is 20.4. The van der Waals surface area contributed by atoms with Crippen LogP contribution in [0.3, 0.4) is 0 Å². The minimum absolute atomic E-state index is 0.0552. The van der Waals surface area contributed by atoms with Crippen molar-refractivity contribution in [3.05, 3.63) is 41.0 Å². The molecule has 1 atom stereocenters. The second-order valence-electron chi connectivity index (χ2n) is 5.93. The van der Waals surface area contributed by atoms with E-state index < -0.39 is 33.8 Å². The van der Waals surface area contributed by atoms with Crippen LogP contribution >= 0.6 is 0 Å². The molecule has 148 valence electrons. The van der Waals surface area contributed by atoms with Gasteiger partial charge in [0.2, 0.25) is 16.1 Å². The molecular weight excluding hydrogens is 387 g/mol. The number of carbonyl (C=O) groups is 1. The van der Waals surface area contributed by atoms with Crippen LogP contribution in [0.15, 0.2) is 40.3 Å². The molecular formula is C17H18F3NO5S. The second-order valence-corrected chi connectivity index (χ2v) is 7.69. The van der Waals surface area contributed by atoms with Crippen LogP contribution in [0.25, 0.3) is 6.08 Å². The molecule has 0 radical (unpaired) electrons. The monoisotopic (exact) mass is 405 g/mol. The van der Waals surface area contributed by atoms with Gasteiger partial charge in [0.15, 0.2) is 0 Å². The molecule has 6 nitrogen and oxygen atoms in total. The van der Waals surface area contributed by atoms with Gasteiger partial charge < -0.3 is 9.84 Å². The Morgan fingerprint density at radius 3 is 2.59 bits per heavy atom. The maximum Gasteiger partial charge on any atom is 0.430 e. The number of hydrogen-bond donors (Lipinski definition) is 2. The van der Waals surface area contributed by atoms with E-state index in [-0.39, 0.29) is 22.8 Å². The van der Waals surface area contributed by atoms with Gasteiger partial charge >= 0.3 is 12.1 Å². The summed E-state index contributed by atoms with van der Waals surface area (Å²) in [6.45, 7) is 3.83. The van der Waals surface area contributed by atoms with E-state index in [4.69, 9.17) is 9.84 Å². The van der Waals surface area contributed by atoms with Crippen LogP contribution < -0.4 is 9.46 Å². The molecule has 0 saturated carbocycles. The molecule has 10 heteroatoms. The lowest BCUT2D eigenvalue weighted by Crippen LogP contribution is -2.40. The Labute approximate surface area is 154 Å². The fraction of sp³-hybridized carbons (Fsp3) is 0.353. The number of rotatable bonds is 6. The Morgan fingerprint density at radius 1 is 1.37 bits per heavy atom. The van der Waals surface area contributed by atoms with E-state index in [1.807, 2.05) is 19.9 Å². The summed E-state index contributed by atoms with van der Waals surface area (Å²) in [7, 11) is -3.91. The molecule has 0 bridgehead atoms. The normalized spacial score (nSPS) is 17.7. The van der Waals surface area contributed by atoms with Crippen LogP contribution in [0, 0.1) is 0 Å². The predicted octanol–water partition coefficient (Wildman–Crippen LogP) is 3.11. The van der Waals surface area contributed by atoms with Crippen LogP contribution in [-0.2, 0) is 14.8 Å². The summed E-state index contributed by atoms with van der Waals surface area (Å²) in [5.74, 6) is -2.04. The standard InChI is InChI=1S/C17H18F3NO5S/c1-3-10(2)6-7-21-27(24,25)12-4-5-14-11(8-12)9-13(16(22)23)15(26-14)17(18,19)20/h3-5,8-9,15,21H,6-7H2,1-2H3,(H,22,23). The van der Waals surface area contributed by atoms with E-state index in [1.54, 1.807) is 0 Å². The van der Waals surface area contributed by atoms with Gasteiger partial charge in [-0.1, -0.05) is 11.6 Å². The van der Waals surface area contributed by atoms with Crippen LogP contribution in [0.1, 0.15) is 25.8 Å². The van der Waals surface area contributed by atoms with Gasteiger partial charge in [0.05, 0.1) is 10.5 Å². The topological polar surface area (TPSA) is 92.7 Å². The van der Waals surface area contributed by atoms with Crippen molar-refractivity contribution in [2.75, 3.05) is 6.54 Å². The Bertz CT molecular complexity index is 904. The molecule has 0 saturated heterocycles. The number of carboxylic acids is 1. The van der Waals surface area contributed by atoms with E-state index in [1.165, 1.54) is 0 Å². The van der Waals surface area contributed by atoms with Crippen molar-refractivity contribution in [2.45, 2.75) is 37.4 Å². The zero-order valence-corrected chi connectivity index (χ0v) is 15.3. The van der Waals surface area contributed by atoms with Crippen molar-refractivity contribution < 1.29 is 36.2 Å². The Morgan fingerprint density at radius 2 is 2.04 bits per heavy atom. The van der Waals surface area contributed by atoms with Crippen LogP contribution in [0.2, 0.25) is 0 Å². The van der Waals surface area contributed by atoms with E-state index in [0.717, 1.165) is 29.8 Å². The van der Waals surface area contributed by atoms with Crippen LogP contribution in [0.4, 0.5) is 13.2 Å². The SMILES string of the molecule is CC=C(C)CCNS(=O)(=O)c1ccc2c(c1)C=C(C(=O)O)C(C(F)(F)F)O2. The minimum Gasteiger partial charge on any atom is -0.478 e. The first-order valence-electron chi connectivity index (χ1n) is 7.89. The third kappa shape index (κ3) is 4.89. The number of carboxylic acid groups (broad SMARTS) is 1. The summed E-state index contributed by atoms with van der Waals surface area (Å²) >= 11 is 0. The second kappa shape index (κ2) is 7.73. The predicted molar refractivity (Wildman–Crippen MR) is 91.8 cm³/mol. The largest absolute Gasteiger partial charge is 0.478 e. The van der Waals surface area contributed by atoms with E-state index in [2.05, 4.69) is 4.72 Å². The number of alkyl halides is 3. The van der Waals surface area contributed by atoms with Crippen LogP contribution in [-0.4, -0.2) is 38.3 Å². The highest BCUT2D eigenvalue weighted by atomic mass is 32.2. The molecule has 0 amide bonds. The molecule has 0 spiro atoms. The summed E-state index contributed by atoms with van der Waals surface area (Å²) in [5.41, 5.74) is -0.0783. The average Bonchev–Trinajstić information content (AvgIpc) is 2.58. The molecule has 1 unspecified atom stereocenters. The lowest BCUT2D eigenvalue weighted by Gasteiger charge is -2.27. The summed E-state index contributed by atoms with van der Waals surface area (Å²) in [5, 5.41) is 9.03. The highest BCUT2D eigenvalue weighted by molar-refractivity contribution is 7.89. The number of sulfonamides is 1. The molecule has 1 heterocycles.